The number of ketones is 1. The molecular formula is C10H13NO3S. The van der Waals surface area contributed by atoms with E-state index in [9.17, 15) is 14.4 Å². The third-order valence-corrected chi connectivity index (χ3v) is 3.83. The fourth-order valence-electron chi connectivity index (χ4n) is 2.08. The molecule has 2 aliphatic rings. The van der Waals surface area contributed by atoms with Crippen molar-refractivity contribution in [1.29, 1.82) is 0 Å². The van der Waals surface area contributed by atoms with Crippen molar-refractivity contribution >= 4 is 28.7 Å². The Hall–Kier alpha value is -0.840. The molecule has 1 saturated heterocycles. The van der Waals surface area contributed by atoms with Crippen LogP contribution in [-0.2, 0) is 9.59 Å². The molecule has 0 aromatic rings. The first-order valence-electron chi connectivity index (χ1n) is 5.18. The van der Waals surface area contributed by atoms with Crippen LogP contribution in [0.1, 0.15) is 25.7 Å². The second kappa shape index (κ2) is 4.35. The number of imide groups is 1. The van der Waals surface area contributed by atoms with Crippen LogP contribution in [0.15, 0.2) is 0 Å². The van der Waals surface area contributed by atoms with E-state index >= 15 is 0 Å². The largest absolute Gasteiger partial charge is 0.299 e. The summed E-state index contributed by atoms with van der Waals surface area (Å²) in [5.41, 5.74) is 0. The molecule has 1 heterocycles. The van der Waals surface area contributed by atoms with Crippen LogP contribution in [-0.4, -0.2) is 34.1 Å². The Morgan fingerprint density at radius 1 is 1.33 bits per heavy atom. The smallest absolute Gasteiger partial charge is 0.288 e. The van der Waals surface area contributed by atoms with Crippen molar-refractivity contribution in [2.24, 2.45) is 5.92 Å². The molecule has 2 fully saturated rings. The second-order valence-electron chi connectivity index (χ2n) is 3.94. The first-order valence-corrected chi connectivity index (χ1v) is 6.17. The molecule has 0 N–H and O–H groups in total. The SMILES string of the molecule is O=C1CCCC1CCN1C(=O)CSC1=O. The fraction of sp³-hybridized carbons (Fsp3) is 0.700. The van der Waals surface area contributed by atoms with Crippen LogP contribution in [0, 0.1) is 5.92 Å². The molecular weight excluding hydrogens is 214 g/mol. The average Bonchev–Trinajstić information content (AvgIpc) is 2.73. The highest BCUT2D eigenvalue weighted by atomic mass is 32.2. The van der Waals surface area contributed by atoms with Crippen LogP contribution in [0.3, 0.4) is 0 Å². The van der Waals surface area contributed by atoms with Crippen LogP contribution in [0.25, 0.3) is 0 Å². The molecule has 0 bridgehead atoms. The van der Waals surface area contributed by atoms with Crippen LogP contribution in [0.4, 0.5) is 4.79 Å². The molecule has 2 rings (SSSR count). The van der Waals surface area contributed by atoms with Crippen molar-refractivity contribution in [1.82, 2.24) is 4.90 Å². The summed E-state index contributed by atoms with van der Waals surface area (Å²) in [4.78, 5) is 35.1. The van der Waals surface area contributed by atoms with Gasteiger partial charge in [0.25, 0.3) is 5.24 Å². The maximum absolute atomic E-state index is 11.3. The minimum atomic E-state index is -0.162. The van der Waals surface area contributed by atoms with Gasteiger partial charge in [-0.25, -0.2) is 0 Å². The minimum absolute atomic E-state index is 0.0798. The minimum Gasteiger partial charge on any atom is -0.299 e. The highest BCUT2D eigenvalue weighted by Crippen LogP contribution is 2.26. The molecule has 0 aromatic carbocycles. The van der Waals surface area contributed by atoms with E-state index in [1.807, 2.05) is 0 Å². The quantitative estimate of drug-likeness (QED) is 0.732. The van der Waals surface area contributed by atoms with Gasteiger partial charge in [-0.15, -0.1) is 0 Å². The number of thioether (sulfide) groups is 1. The van der Waals surface area contributed by atoms with E-state index in [-0.39, 0.29) is 22.8 Å². The fourth-order valence-corrected chi connectivity index (χ4v) is 2.83. The van der Waals surface area contributed by atoms with Gasteiger partial charge in [-0.05, 0) is 19.3 Å². The summed E-state index contributed by atoms with van der Waals surface area (Å²) in [6, 6.07) is 0. The summed E-state index contributed by atoms with van der Waals surface area (Å²) in [5.74, 6) is 0.519. The zero-order chi connectivity index (χ0) is 10.8. The van der Waals surface area contributed by atoms with Gasteiger partial charge < -0.3 is 0 Å². The van der Waals surface area contributed by atoms with Gasteiger partial charge in [0.2, 0.25) is 5.91 Å². The van der Waals surface area contributed by atoms with Crippen LogP contribution < -0.4 is 0 Å². The molecule has 1 atom stereocenters. The molecule has 0 radical (unpaired) electrons. The Morgan fingerprint density at radius 2 is 2.13 bits per heavy atom. The maximum atomic E-state index is 11.3. The number of amides is 2. The highest BCUT2D eigenvalue weighted by Gasteiger charge is 2.31. The number of rotatable bonds is 3. The lowest BCUT2D eigenvalue weighted by Crippen LogP contribution is -2.31. The molecule has 5 heteroatoms. The molecule has 1 unspecified atom stereocenters. The number of hydrogen-bond acceptors (Lipinski definition) is 4. The third kappa shape index (κ3) is 2.22. The van der Waals surface area contributed by atoms with Gasteiger partial charge in [-0.1, -0.05) is 11.8 Å². The van der Waals surface area contributed by atoms with E-state index in [0.717, 1.165) is 24.6 Å². The van der Waals surface area contributed by atoms with E-state index in [1.165, 1.54) is 4.90 Å². The Balaban J connectivity index is 1.84. The number of nitrogens with zero attached hydrogens (tertiary/aromatic N) is 1. The predicted octanol–water partition coefficient (Wildman–Crippen LogP) is 1.44. The summed E-state index contributed by atoms with van der Waals surface area (Å²) < 4.78 is 0. The highest BCUT2D eigenvalue weighted by molar-refractivity contribution is 8.14. The monoisotopic (exact) mass is 227 g/mol. The van der Waals surface area contributed by atoms with Crippen molar-refractivity contribution < 1.29 is 14.4 Å². The second-order valence-corrected chi connectivity index (χ2v) is 4.87. The van der Waals surface area contributed by atoms with Crippen molar-refractivity contribution in [2.75, 3.05) is 12.3 Å². The van der Waals surface area contributed by atoms with E-state index in [0.29, 0.717) is 25.2 Å². The number of carbonyl (C=O) groups excluding carboxylic acids is 3. The van der Waals surface area contributed by atoms with Gasteiger partial charge in [0.15, 0.2) is 0 Å². The number of Topliss-reactive ketones (excluding diaryl/α,β-unsaturated/α-hetero) is 1. The van der Waals surface area contributed by atoms with E-state index in [2.05, 4.69) is 0 Å². The molecule has 4 nitrogen and oxygen atoms in total. The van der Waals surface area contributed by atoms with Gasteiger partial charge in [0, 0.05) is 18.9 Å². The van der Waals surface area contributed by atoms with E-state index in [1.54, 1.807) is 0 Å². The lowest BCUT2D eigenvalue weighted by Gasteiger charge is -2.14. The van der Waals surface area contributed by atoms with Gasteiger partial charge in [-0.3, -0.25) is 19.3 Å². The van der Waals surface area contributed by atoms with E-state index in [4.69, 9.17) is 0 Å². The van der Waals surface area contributed by atoms with Gasteiger partial charge in [0.05, 0.1) is 5.75 Å². The van der Waals surface area contributed by atoms with Crippen molar-refractivity contribution in [3.05, 3.63) is 0 Å². The van der Waals surface area contributed by atoms with Crippen molar-refractivity contribution in [3.8, 4) is 0 Å². The average molecular weight is 227 g/mol. The predicted molar refractivity (Wildman–Crippen MR) is 56.5 cm³/mol. The van der Waals surface area contributed by atoms with Crippen LogP contribution in [0.5, 0.6) is 0 Å². The first kappa shape index (κ1) is 10.7. The molecule has 2 amide bonds. The molecule has 1 aliphatic heterocycles. The lowest BCUT2D eigenvalue weighted by atomic mass is 10.0. The Kier molecular flexibility index (Phi) is 3.09. The van der Waals surface area contributed by atoms with Crippen molar-refractivity contribution in [3.63, 3.8) is 0 Å². The molecule has 82 valence electrons. The summed E-state index contributed by atoms with van der Waals surface area (Å²) in [6.07, 6.45) is 3.19. The Bertz CT molecular complexity index is 300. The van der Waals surface area contributed by atoms with Gasteiger partial charge in [0.1, 0.15) is 5.78 Å². The molecule has 1 saturated carbocycles. The molecule has 0 aromatic heterocycles. The summed E-state index contributed by atoms with van der Waals surface area (Å²) in [6.45, 7) is 0.418. The Morgan fingerprint density at radius 3 is 2.67 bits per heavy atom. The van der Waals surface area contributed by atoms with Crippen LogP contribution >= 0.6 is 11.8 Å². The summed E-state index contributed by atoms with van der Waals surface area (Å²) >= 11 is 1.05. The normalized spacial score (nSPS) is 26.8. The number of carbonyl (C=O) groups is 3. The Labute approximate surface area is 92.4 Å². The molecule has 1 aliphatic carbocycles. The zero-order valence-corrected chi connectivity index (χ0v) is 9.22. The molecule has 15 heavy (non-hydrogen) atoms. The topological polar surface area (TPSA) is 54.5 Å². The number of hydrogen-bond donors (Lipinski definition) is 0. The third-order valence-electron chi connectivity index (χ3n) is 2.97. The molecule has 0 spiro atoms. The maximum Gasteiger partial charge on any atom is 0.288 e. The van der Waals surface area contributed by atoms with E-state index < -0.39 is 0 Å². The van der Waals surface area contributed by atoms with Crippen molar-refractivity contribution in [2.45, 2.75) is 25.7 Å². The lowest BCUT2D eigenvalue weighted by molar-refractivity contribution is -0.126. The standard InChI is InChI=1S/C10H13NO3S/c12-8-3-1-2-7(8)4-5-11-9(13)6-15-10(11)14/h7H,1-6H2. The van der Waals surface area contributed by atoms with Gasteiger partial charge >= 0.3 is 0 Å². The first-order chi connectivity index (χ1) is 7.18. The van der Waals surface area contributed by atoms with Gasteiger partial charge in [-0.2, -0.15) is 0 Å². The summed E-state index contributed by atoms with van der Waals surface area (Å²) in [5, 5.41) is -0.162. The van der Waals surface area contributed by atoms with Crippen LogP contribution in [0.2, 0.25) is 0 Å². The zero-order valence-electron chi connectivity index (χ0n) is 8.40. The summed E-state index contributed by atoms with van der Waals surface area (Å²) in [7, 11) is 0.